The van der Waals surface area contributed by atoms with Gasteiger partial charge in [-0.1, -0.05) is 11.8 Å². The fourth-order valence-electron chi connectivity index (χ4n) is 1.20. The molecular weight excluding hydrogens is 208 g/mol. The lowest BCUT2D eigenvalue weighted by atomic mass is 10.1. The first-order valence-electron chi connectivity index (χ1n) is 4.70. The molecule has 0 saturated carbocycles. The van der Waals surface area contributed by atoms with Crippen molar-refractivity contribution in [2.45, 2.75) is 6.61 Å². The summed E-state index contributed by atoms with van der Waals surface area (Å²) in [6.07, 6.45) is 0. The van der Waals surface area contributed by atoms with E-state index in [9.17, 15) is 10.1 Å². The normalized spacial score (nSPS) is 9.38. The molecule has 0 aromatic heterocycles. The summed E-state index contributed by atoms with van der Waals surface area (Å²) in [6, 6.07) is 4.45. The molecule has 1 aromatic rings. The number of hydrogen-bond acceptors (Lipinski definition) is 4. The molecule has 0 atom stereocenters. The van der Waals surface area contributed by atoms with Crippen LogP contribution in [-0.2, 0) is 6.61 Å². The lowest BCUT2D eigenvalue weighted by molar-refractivity contribution is -0.385. The molecule has 0 heterocycles. The predicted octanol–water partition coefficient (Wildman–Crippen LogP) is 0.658. The fourth-order valence-corrected chi connectivity index (χ4v) is 1.20. The quantitative estimate of drug-likeness (QED) is 0.445. The van der Waals surface area contributed by atoms with Crippen LogP contribution in [0.3, 0.4) is 0 Å². The monoisotopic (exact) mass is 220 g/mol. The molecule has 0 spiro atoms. The van der Waals surface area contributed by atoms with E-state index in [0.29, 0.717) is 12.1 Å². The number of nitrogens with one attached hydrogen (secondary N) is 1. The third-order valence-electron chi connectivity index (χ3n) is 1.94. The van der Waals surface area contributed by atoms with E-state index < -0.39 is 4.92 Å². The molecule has 0 aliphatic carbocycles. The molecule has 0 amide bonds. The van der Waals surface area contributed by atoms with Gasteiger partial charge in [-0.05, 0) is 19.2 Å². The van der Waals surface area contributed by atoms with Crippen LogP contribution in [0, 0.1) is 22.0 Å². The maximum absolute atomic E-state index is 10.6. The van der Waals surface area contributed by atoms with Gasteiger partial charge in [0.1, 0.15) is 0 Å². The van der Waals surface area contributed by atoms with Gasteiger partial charge in [0.15, 0.2) is 0 Å². The molecule has 0 radical (unpaired) electrons. The van der Waals surface area contributed by atoms with Crippen molar-refractivity contribution in [2.24, 2.45) is 0 Å². The summed E-state index contributed by atoms with van der Waals surface area (Å²) >= 11 is 0. The van der Waals surface area contributed by atoms with Gasteiger partial charge in [-0.15, -0.1) is 0 Å². The number of benzene rings is 1. The zero-order chi connectivity index (χ0) is 12.0. The Balaban J connectivity index is 3.01. The predicted molar refractivity (Wildman–Crippen MR) is 59.8 cm³/mol. The molecule has 16 heavy (non-hydrogen) atoms. The minimum atomic E-state index is -0.517. The molecule has 0 bridgehead atoms. The third kappa shape index (κ3) is 3.05. The summed E-state index contributed by atoms with van der Waals surface area (Å²) in [4.78, 5) is 10.1. The molecule has 1 rings (SSSR count). The third-order valence-corrected chi connectivity index (χ3v) is 1.94. The van der Waals surface area contributed by atoms with Gasteiger partial charge in [0, 0.05) is 11.6 Å². The van der Waals surface area contributed by atoms with Crippen LogP contribution < -0.4 is 5.32 Å². The highest BCUT2D eigenvalue weighted by Gasteiger charge is 2.12. The molecule has 0 saturated heterocycles. The zero-order valence-corrected chi connectivity index (χ0v) is 8.86. The fraction of sp³-hybridized carbons (Fsp3) is 0.273. The summed E-state index contributed by atoms with van der Waals surface area (Å²) in [5.74, 6) is 5.68. The Kier molecular flexibility index (Phi) is 4.45. The van der Waals surface area contributed by atoms with Crippen molar-refractivity contribution in [1.82, 2.24) is 5.32 Å². The molecule has 0 fully saturated rings. The SMILES string of the molecule is CNCC#Cc1ccc([N+](=O)[O-])c(CO)c1. The number of nitrogens with zero attached hydrogens (tertiary/aromatic N) is 1. The molecule has 5 nitrogen and oxygen atoms in total. The standard InChI is InChI=1S/C11H12N2O3/c1-12-6-2-3-9-4-5-11(13(15)16)10(7-9)8-14/h4-5,7,12,14H,6,8H2,1H3. The van der Waals surface area contributed by atoms with Gasteiger partial charge >= 0.3 is 0 Å². The minimum absolute atomic E-state index is 0.0818. The molecular formula is C11H12N2O3. The van der Waals surface area contributed by atoms with Gasteiger partial charge < -0.3 is 10.4 Å². The van der Waals surface area contributed by atoms with E-state index in [1.807, 2.05) is 0 Å². The second kappa shape index (κ2) is 5.85. The number of aliphatic hydroxyl groups excluding tert-OH is 1. The first kappa shape index (κ1) is 12.2. The number of nitro benzene ring substituents is 1. The van der Waals surface area contributed by atoms with E-state index >= 15 is 0 Å². The average Bonchev–Trinajstić information content (AvgIpc) is 2.29. The Morgan fingerprint density at radius 1 is 1.56 bits per heavy atom. The highest BCUT2D eigenvalue weighted by atomic mass is 16.6. The minimum Gasteiger partial charge on any atom is -0.391 e. The van der Waals surface area contributed by atoms with E-state index in [2.05, 4.69) is 17.2 Å². The van der Waals surface area contributed by atoms with Crippen LogP contribution in [0.4, 0.5) is 5.69 Å². The first-order chi connectivity index (χ1) is 7.69. The van der Waals surface area contributed by atoms with E-state index in [1.165, 1.54) is 12.1 Å². The van der Waals surface area contributed by atoms with Crippen molar-refractivity contribution in [3.8, 4) is 11.8 Å². The van der Waals surface area contributed by atoms with Gasteiger partial charge in [0.25, 0.3) is 5.69 Å². The maximum atomic E-state index is 10.6. The molecule has 1 aromatic carbocycles. The van der Waals surface area contributed by atoms with Crippen LogP contribution in [0.5, 0.6) is 0 Å². The zero-order valence-electron chi connectivity index (χ0n) is 8.86. The molecule has 0 aliphatic rings. The summed E-state index contributed by atoms with van der Waals surface area (Å²) in [7, 11) is 1.78. The number of nitro groups is 1. The lowest BCUT2D eigenvalue weighted by Crippen LogP contribution is -2.04. The Morgan fingerprint density at radius 3 is 2.88 bits per heavy atom. The summed E-state index contributed by atoms with van der Waals surface area (Å²) < 4.78 is 0. The van der Waals surface area contributed by atoms with Crippen molar-refractivity contribution < 1.29 is 10.0 Å². The summed E-state index contributed by atoms with van der Waals surface area (Å²) in [5, 5.41) is 22.5. The second-order valence-corrected chi connectivity index (χ2v) is 3.09. The lowest BCUT2D eigenvalue weighted by Gasteiger charge is -1.99. The number of hydrogen-bond donors (Lipinski definition) is 2. The van der Waals surface area contributed by atoms with Gasteiger partial charge in [-0.3, -0.25) is 10.1 Å². The van der Waals surface area contributed by atoms with Crippen LogP contribution in [0.15, 0.2) is 18.2 Å². The topological polar surface area (TPSA) is 75.4 Å². The average molecular weight is 220 g/mol. The van der Waals surface area contributed by atoms with E-state index in [0.717, 1.165) is 0 Å². The highest BCUT2D eigenvalue weighted by molar-refractivity contribution is 5.47. The molecule has 2 N–H and O–H groups in total. The second-order valence-electron chi connectivity index (χ2n) is 3.09. The Hall–Kier alpha value is -1.90. The number of aliphatic hydroxyl groups is 1. The highest BCUT2D eigenvalue weighted by Crippen LogP contribution is 2.19. The van der Waals surface area contributed by atoms with Gasteiger partial charge in [-0.2, -0.15) is 0 Å². The van der Waals surface area contributed by atoms with Crippen LogP contribution in [0.1, 0.15) is 11.1 Å². The Bertz CT molecular complexity index is 446. The van der Waals surface area contributed by atoms with Crippen molar-refractivity contribution in [1.29, 1.82) is 0 Å². The van der Waals surface area contributed by atoms with Crippen molar-refractivity contribution in [3.63, 3.8) is 0 Å². The van der Waals surface area contributed by atoms with Crippen molar-refractivity contribution >= 4 is 5.69 Å². The molecule has 0 aliphatic heterocycles. The van der Waals surface area contributed by atoms with Crippen molar-refractivity contribution in [2.75, 3.05) is 13.6 Å². The van der Waals surface area contributed by atoms with E-state index in [1.54, 1.807) is 13.1 Å². The molecule has 84 valence electrons. The van der Waals surface area contributed by atoms with E-state index in [-0.39, 0.29) is 17.9 Å². The molecule has 0 unspecified atom stereocenters. The van der Waals surface area contributed by atoms with Crippen LogP contribution in [0.2, 0.25) is 0 Å². The first-order valence-corrected chi connectivity index (χ1v) is 4.70. The maximum Gasteiger partial charge on any atom is 0.274 e. The summed E-state index contributed by atoms with van der Waals surface area (Å²) in [5.41, 5.74) is 0.854. The molecule has 5 heteroatoms. The largest absolute Gasteiger partial charge is 0.391 e. The van der Waals surface area contributed by atoms with Crippen molar-refractivity contribution in [3.05, 3.63) is 39.4 Å². The van der Waals surface area contributed by atoms with Crippen LogP contribution >= 0.6 is 0 Å². The smallest absolute Gasteiger partial charge is 0.274 e. The Labute approximate surface area is 93.3 Å². The van der Waals surface area contributed by atoms with Crippen LogP contribution in [-0.4, -0.2) is 23.6 Å². The van der Waals surface area contributed by atoms with Gasteiger partial charge in [0.2, 0.25) is 0 Å². The van der Waals surface area contributed by atoms with Gasteiger partial charge in [0.05, 0.1) is 23.6 Å². The van der Waals surface area contributed by atoms with E-state index in [4.69, 9.17) is 5.11 Å². The summed E-state index contributed by atoms with van der Waals surface area (Å²) in [6.45, 7) is 0.184. The Morgan fingerprint density at radius 2 is 2.31 bits per heavy atom. The number of rotatable bonds is 3. The van der Waals surface area contributed by atoms with Crippen LogP contribution in [0.25, 0.3) is 0 Å². The van der Waals surface area contributed by atoms with Gasteiger partial charge in [-0.25, -0.2) is 0 Å².